The number of hydrogen-bond donors (Lipinski definition) is 1. The molecule has 0 radical (unpaired) electrons. The van der Waals surface area contributed by atoms with E-state index in [1.54, 1.807) is 30.2 Å². The van der Waals surface area contributed by atoms with Gasteiger partial charge in [0.15, 0.2) is 0 Å². The molecule has 112 valence electrons. The summed E-state index contributed by atoms with van der Waals surface area (Å²) in [6, 6.07) is 18.4. The molecule has 0 aliphatic heterocycles. The van der Waals surface area contributed by atoms with E-state index in [0.717, 1.165) is 27.4 Å². The van der Waals surface area contributed by atoms with Gasteiger partial charge in [-0.15, -0.1) is 23.1 Å². The maximum atomic E-state index is 6.34. The molecule has 22 heavy (non-hydrogen) atoms. The molecule has 0 unspecified atom stereocenters. The lowest BCUT2D eigenvalue weighted by atomic mass is 9.97. The number of ether oxygens (including phenoxy) is 1. The number of nitrogens with two attached hydrogens (primary N) is 1. The third-order valence-electron chi connectivity index (χ3n) is 3.53. The molecule has 0 atom stereocenters. The topological polar surface area (TPSA) is 35.2 Å². The third kappa shape index (κ3) is 2.60. The first-order valence-corrected chi connectivity index (χ1v) is 8.95. The maximum absolute atomic E-state index is 6.34. The van der Waals surface area contributed by atoms with Gasteiger partial charge in [-0.05, 0) is 17.9 Å². The van der Waals surface area contributed by atoms with E-state index < -0.39 is 0 Å². The van der Waals surface area contributed by atoms with E-state index in [4.69, 9.17) is 10.5 Å². The minimum Gasteiger partial charge on any atom is -0.496 e. The number of thiophene rings is 1. The van der Waals surface area contributed by atoms with Gasteiger partial charge in [-0.3, -0.25) is 0 Å². The molecule has 1 aromatic heterocycles. The summed E-state index contributed by atoms with van der Waals surface area (Å²) < 4.78 is 6.76. The predicted octanol–water partition coefficient (Wildman–Crippen LogP) is 5.39. The fourth-order valence-electron chi connectivity index (χ4n) is 2.56. The molecule has 2 N–H and O–H groups in total. The summed E-state index contributed by atoms with van der Waals surface area (Å²) in [6.07, 6.45) is 2.08. The second-order valence-electron chi connectivity index (χ2n) is 4.77. The molecule has 3 aromatic rings. The summed E-state index contributed by atoms with van der Waals surface area (Å²) in [5.74, 6) is 0.868. The van der Waals surface area contributed by atoms with Crippen LogP contribution >= 0.6 is 23.1 Å². The zero-order valence-electron chi connectivity index (χ0n) is 12.5. The Morgan fingerprint density at radius 1 is 0.955 bits per heavy atom. The number of anilines is 1. The molecule has 2 aromatic carbocycles. The number of hydrogen-bond acceptors (Lipinski definition) is 4. The van der Waals surface area contributed by atoms with Gasteiger partial charge in [0.05, 0.1) is 16.3 Å². The summed E-state index contributed by atoms with van der Waals surface area (Å²) >= 11 is 3.36. The van der Waals surface area contributed by atoms with Crippen molar-refractivity contribution in [1.82, 2.24) is 0 Å². The smallest absolute Gasteiger partial charge is 0.126 e. The van der Waals surface area contributed by atoms with Gasteiger partial charge in [-0.1, -0.05) is 48.5 Å². The molecule has 1 heterocycles. The fraction of sp³-hybridized carbons (Fsp3) is 0.111. The minimum absolute atomic E-state index is 0.844. The zero-order chi connectivity index (χ0) is 15.5. The summed E-state index contributed by atoms with van der Waals surface area (Å²) in [5, 5.41) is 0.844. The van der Waals surface area contributed by atoms with Gasteiger partial charge >= 0.3 is 0 Å². The minimum atomic E-state index is 0.844. The van der Waals surface area contributed by atoms with Gasteiger partial charge in [0.2, 0.25) is 0 Å². The monoisotopic (exact) mass is 327 g/mol. The van der Waals surface area contributed by atoms with Crippen molar-refractivity contribution in [3.8, 4) is 28.0 Å². The van der Waals surface area contributed by atoms with E-state index in [2.05, 4.69) is 24.5 Å². The molecule has 0 aliphatic rings. The lowest BCUT2D eigenvalue weighted by molar-refractivity contribution is 0.416. The summed E-state index contributed by atoms with van der Waals surface area (Å²) in [6.45, 7) is 0. The van der Waals surface area contributed by atoms with Gasteiger partial charge in [-0.2, -0.15) is 0 Å². The number of benzene rings is 2. The number of thioether (sulfide) groups is 1. The van der Waals surface area contributed by atoms with Crippen LogP contribution in [0.2, 0.25) is 0 Å². The van der Waals surface area contributed by atoms with Gasteiger partial charge < -0.3 is 10.5 Å². The van der Waals surface area contributed by atoms with Crippen LogP contribution in [0, 0.1) is 0 Å². The van der Waals surface area contributed by atoms with Crippen molar-refractivity contribution in [2.75, 3.05) is 19.1 Å². The van der Waals surface area contributed by atoms with E-state index in [0.29, 0.717) is 0 Å². The first-order valence-electron chi connectivity index (χ1n) is 6.91. The lowest BCUT2D eigenvalue weighted by Gasteiger charge is -2.12. The van der Waals surface area contributed by atoms with E-state index in [9.17, 15) is 0 Å². The van der Waals surface area contributed by atoms with Gasteiger partial charge in [0, 0.05) is 16.7 Å². The van der Waals surface area contributed by atoms with Crippen molar-refractivity contribution in [3.63, 3.8) is 0 Å². The van der Waals surface area contributed by atoms with Crippen LogP contribution in [-0.2, 0) is 0 Å². The fourth-order valence-corrected chi connectivity index (χ4v) is 4.41. The highest BCUT2D eigenvalue weighted by Gasteiger charge is 2.21. The molecule has 2 nitrogen and oxygen atoms in total. The maximum Gasteiger partial charge on any atom is 0.126 e. The Bertz CT molecular complexity index is 781. The first-order chi connectivity index (χ1) is 10.8. The van der Waals surface area contributed by atoms with Crippen LogP contribution < -0.4 is 10.5 Å². The van der Waals surface area contributed by atoms with E-state index in [-0.39, 0.29) is 0 Å². The van der Waals surface area contributed by atoms with E-state index in [1.807, 2.05) is 36.4 Å². The summed E-state index contributed by atoms with van der Waals surface area (Å²) in [5.41, 5.74) is 10.8. The number of methoxy groups -OCH3 is 1. The Kier molecular flexibility index (Phi) is 4.41. The van der Waals surface area contributed by atoms with Gasteiger partial charge in [0.25, 0.3) is 0 Å². The highest BCUT2D eigenvalue weighted by molar-refractivity contribution is 8.00. The van der Waals surface area contributed by atoms with Crippen LogP contribution in [-0.4, -0.2) is 13.4 Å². The van der Waals surface area contributed by atoms with Crippen molar-refractivity contribution in [1.29, 1.82) is 0 Å². The third-order valence-corrected chi connectivity index (χ3v) is 5.67. The molecule has 3 rings (SSSR count). The van der Waals surface area contributed by atoms with Crippen LogP contribution in [0.1, 0.15) is 0 Å². The predicted molar refractivity (Wildman–Crippen MR) is 97.9 cm³/mol. The Labute approximate surface area is 138 Å². The molecule has 0 saturated heterocycles. The van der Waals surface area contributed by atoms with Crippen LogP contribution in [0.25, 0.3) is 22.3 Å². The Balaban J connectivity index is 2.31. The zero-order valence-corrected chi connectivity index (χ0v) is 14.1. The average Bonchev–Trinajstić information content (AvgIpc) is 2.91. The SMILES string of the molecule is COc1ccccc1-c1c(SC)sc(N)c1-c1ccccc1. The Hall–Kier alpha value is -1.91. The van der Waals surface area contributed by atoms with Crippen LogP contribution in [0.3, 0.4) is 0 Å². The van der Waals surface area contributed by atoms with Crippen LogP contribution in [0.15, 0.2) is 58.8 Å². The molecule has 0 bridgehead atoms. The first kappa shape index (κ1) is 15.0. The highest BCUT2D eigenvalue weighted by atomic mass is 32.2. The van der Waals surface area contributed by atoms with Crippen LogP contribution in [0.5, 0.6) is 5.75 Å². The van der Waals surface area contributed by atoms with Crippen molar-refractivity contribution >= 4 is 28.1 Å². The van der Waals surface area contributed by atoms with E-state index >= 15 is 0 Å². The normalized spacial score (nSPS) is 10.6. The largest absolute Gasteiger partial charge is 0.496 e. The summed E-state index contributed by atoms with van der Waals surface area (Å²) in [7, 11) is 1.70. The molecule has 0 saturated carbocycles. The number of para-hydroxylation sites is 1. The molecular weight excluding hydrogens is 310 g/mol. The molecule has 4 heteroatoms. The standard InChI is InChI=1S/C18H17NOS2/c1-20-14-11-7-6-10-13(14)16-15(12-8-4-3-5-9-12)17(19)22-18(16)21-2/h3-11H,19H2,1-2H3. The number of rotatable bonds is 4. The lowest BCUT2D eigenvalue weighted by Crippen LogP contribution is -1.90. The molecule has 0 amide bonds. The second kappa shape index (κ2) is 6.46. The average molecular weight is 327 g/mol. The second-order valence-corrected chi connectivity index (χ2v) is 6.90. The van der Waals surface area contributed by atoms with Crippen molar-refractivity contribution in [3.05, 3.63) is 54.6 Å². The summed E-state index contributed by atoms with van der Waals surface area (Å²) in [4.78, 5) is 0. The number of nitrogen functional groups attached to an aromatic ring is 1. The highest BCUT2D eigenvalue weighted by Crippen LogP contribution is 2.50. The van der Waals surface area contributed by atoms with Crippen molar-refractivity contribution < 1.29 is 4.74 Å². The molecular formula is C18H17NOS2. The molecule has 0 aliphatic carbocycles. The van der Waals surface area contributed by atoms with Crippen molar-refractivity contribution in [2.24, 2.45) is 0 Å². The Morgan fingerprint density at radius 3 is 2.32 bits per heavy atom. The van der Waals surface area contributed by atoms with Crippen molar-refractivity contribution in [2.45, 2.75) is 4.21 Å². The molecule has 0 fully saturated rings. The Morgan fingerprint density at radius 2 is 1.64 bits per heavy atom. The van der Waals surface area contributed by atoms with E-state index in [1.165, 1.54) is 9.77 Å². The van der Waals surface area contributed by atoms with Crippen LogP contribution in [0.4, 0.5) is 5.00 Å². The van der Waals surface area contributed by atoms with Gasteiger partial charge in [-0.25, -0.2) is 0 Å². The molecule has 0 spiro atoms. The van der Waals surface area contributed by atoms with Gasteiger partial charge in [0.1, 0.15) is 5.75 Å². The quantitative estimate of drug-likeness (QED) is 0.652.